The summed E-state index contributed by atoms with van der Waals surface area (Å²) in [7, 11) is 0. The maximum absolute atomic E-state index is 13.3. The second-order valence-corrected chi connectivity index (χ2v) is 10.6. The molecule has 4 aromatic rings. The van der Waals surface area contributed by atoms with Crippen LogP contribution in [0.4, 0.5) is 0 Å². The Hall–Kier alpha value is -6.28. The fraction of sp³-hybridized carbons (Fsp3) is 0.100. The first-order valence-corrected chi connectivity index (χ1v) is 15.2. The minimum Gasteiger partial charge on any atom is -0.451 e. The van der Waals surface area contributed by atoms with Gasteiger partial charge in [0.1, 0.15) is 0 Å². The number of cyclic esters (lactones) is 1. The smallest absolute Gasteiger partial charge is 0.331 e. The molecule has 0 N–H and O–H groups in total. The summed E-state index contributed by atoms with van der Waals surface area (Å²) in [4.78, 5) is 52.2. The van der Waals surface area contributed by atoms with Crippen molar-refractivity contribution in [2.24, 2.45) is 0 Å². The summed E-state index contributed by atoms with van der Waals surface area (Å²) in [5.41, 5.74) is 2.73. The third-order valence-corrected chi connectivity index (χ3v) is 7.13. The van der Waals surface area contributed by atoms with Crippen molar-refractivity contribution >= 4 is 42.1 Å². The summed E-state index contributed by atoms with van der Waals surface area (Å²) in [5.74, 6) is -3.04. The normalized spacial score (nSPS) is 17.1. The van der Waals surface area contributed by atoms with Gasteiger partial charge in [0.25, 0.3) is 0 Å². The molecule has 8 nitrogen and oxygen atoms in total. The molecule has 4 atom stereocenters. The predicted octanol–water partition coefficient (Wildman–Crippen LogP) is 6.72. The van der Waals surface area contributed by atoms with Crippen molar-refractivity contribution in [3.8, 4) is 0 Å². The number of rotatable bonds is 12. The lowest BCUT2D eigenvalue weighted by Gasteiger charge is -2.36. The highest BCUT2D eigenvalue weighted by Gasteiger charge is 2.45. The van der Waals surface area contributed by atoms with Gasteiger partial charge in [0, 0.05) is 24.3 Å². The van der Waals surface area contributed by atoms with Crippen LogP contribution in [0.3, 0.4) is 0 Å². The Morgan fingerprint density at radius 2 is 1.02 bits per heavy atom. The molecule has 0 fully saturated rings. The first kappa shape index (κ1) is 33.1. The molecule has 1 aliphatic rings. The fourth-order valence-electron chi connectivity index (χ4n) is 4.85. The first-order valence-electron chi connectivity index (χ1n) is 15.2. The lowest BCUT2D eigenvalue weighted by Crippen LogP contribution is -2.49. The van der Waals surface area contributed by atoms with Gasteiger partial charge in [0.05, 0.1) is 0 Å². The number of benzene rings is 4. The molecule has 4 aromatic carbocycles. The van der Waals surface area contributed by atoms with E-state index in [1.165, 1.54) is 24.3 Å². The van der Waals surface area contributed by atoms with Crippen molar-refractivity contribution in [3.05, 3.63) is 174 Å². The topological polar surface area (TPSA) is 105 Å². The van der Waals surface area contributed by atoms with Gasteiger partial charge in [0.15, 0.2) is 24.4 Å². The Balaban J connectivity index is 1.47. The van der Waals surface area contributed by atoms with Gasteiger partial charge in [-0.05, 0) is 46.6 Å². The quantitative estimate of drug-likeness (QED) is 0.0956. The van der Waals surface area contributed by atoms with Gasteiger partial charge in [-0.25, -0.2) is 19.2 Å². The number of hydrogen-bond donors (Lipinski definition) is 0. The van der Waals surface area contributed by atoms with Crippen molar-refractivity contribution in [3.63, 3.8) is 0 Å². The van der Waals surface area contributed by atoms with E-state index in [4.69, 9.17) is 18.9 Å². The second-order valence-electron chi connectivity index (χ2n) is 10.6. The molecule has 0 aromatic heterocycles. The van der Waals surface area contributed by atoms with Crippen LogP contribution in [0.2, 0.25) is 0 Å². The SMILES string of the molecule is O=C1C=C[C@H](OC(=O)/C=C/c2ccccc2)[C@H]([C@H](OC(=O)/C=C/c2ccccc2)[C@H](OC(=O)/C=C/c2ccccc2)c2ccccc2)O1. The van der Waals surface area contributed by atoms with Gasteiger partial charge in [-0.1, -0.05) is 121 Å². The summed E-state index contributed by atoms with van der Waals surface area (Å²) >= 11 is 0. The first-order chi connectivity index (χ1) is 23.4. The molecule has 48 heavy (non-hydrogen) atoms. The Kier molecular flexibility index (Phi) is 11.6. The van der Waals surface area contributed by atoms with Crippen LogP contribution < -0.4 is 0 Å². The van der Waals surface area contributed by atoms with Crippen LogP contribution in [0.15, 0.2) is 152 Å². The highest BCUT2D eigenvalue weighted by Crippen LogP contribution is 2.32. The van der Waals surface area contributed by atoms with Crippen LogP contribution in [0.5, 0.6) is 0 Å². The van der Waals surface area contributed by atoms with Crippen molar-refractivity contribution in [2.45, 2.75) is 24.4 Å². The maximum Gasteiger partial charge on any atom is 0.331 e. The van der Waals surface area contributed by atoms with E-state index in [9.17, 15) is 19.2 Å². The third kappa shape index (κ3) is 9.86. The van der Waals surface area contributed by atoms with Crippen LogP contribution in [-0.4, -0.2) is 42.2 Å². The summed E-state index contributed by atoms with van der Waals surface area (Å²) in [5, 5.41) is 0. The lowest BCUT2D eigenvalue weighted by molar-refractivity contribution is -0.193. The lowest BCUT2D eigenvalue weighted by atomic mass is 9.95. The Morgan fingerprint density at radius 1 is 0.583 bits per heavy atom. The second kappa shape index (κ2) is 16.9. The molecule has 0 saturated heterocycles. The number of hydrogen-bond acceptors (Lipinski definition) is 8. The van der Waals surface area contributed by atoms with E-state index in [0.29, 0.717) is 5.56 Å². The van der Waals surface area contributed by atoms with E-state index in [-0.39, 0.29) is 0 Å². The van der Waals surface area contributed by atoms with E-state index in [1.54, 1.807) is 60.7 Å². The van der Waals surface area contributed by atoms with Crippen LogP contribution in [0.1, 0.15) is 28.4 Å². The average molecular weight is 641 g/mol. The molecule has 1 heterocycles. The van der Waals surface area contributed by atoms with E-state index >= 15 is 0 Å². The Bertz CT molecular complexity index is 1800. The van der Waals surface area contributed by atoms with E-state index in [0.717, 1.165) is 22.8 Å². The molecule has 1 aliphatic heterocycles. The monoisotopic (exact) mass is 640 g/mol. The molecule has 0 spiro atoms. The molecule has 0 radical (unpaired) electrons. The van der Waals surface area contributed by atoms with E-state index < -0.39 is 48.3 Å². The zero-order valence-corrected chi connectivity index (χ0v) is 25.7. The molecule has 0 saturated carbocycles. The van der Waals surface area contributed by atoms with Crippen molar-refractivity contribution in [1.29, 1.82) is 0 Å². The molecule has 0 aliphatic carbocycles. The van der Waals surface area contributed by atoms with Crippen LogP contribution in [0.25, 0.3) is 18.2 Å². The summed E-state index contributed by atoms with van der Waals surface area (Å²) < 4.78 is 23.2. The maximum atomic E-state index is 13.3. The van der Waals surface area contributed by atoms with Gasteiger partial charge in [0.2, 0.25) is 0 Å². The molecule has 0 unspecified atom stereocenters. The van der Waals surface area contributed by atoms with Gasteiger partial charge >= 0.3 is 23.9 Å². The number of ether oxygens (including phenoxy) is 4. The molecule has 0 amide bonds. The predicted molar refractivity (Wildman–Crippen MR) is 180 cm³/mol. The molecule has 8 heteroatoms. The summed E-state index contributed by atoms with van der Waals surface area (Å²) in [6.07, 6.45) is 5.59. The van der Waals surface area contributed by atoms with Crippen molar-refractivity contribution in [1.82, 2.24) is 0 Å². The minimum absolute atomic E-state index is 0.448. The zero-order valence-electron chi connectivity index (χ0n) is 25.7. The van der Waals surface area contributed by atoms with Gasteiger partial charge < -0.3 is 18.9 Å². The van der Waals surface area contributed by atoms with E-state index in [1.807, 2.05) is 78.9 Å². The Morgan fingerprint density at radius 3 is 1.52 bits per heavy atom. The van der Waals surface area contributed by atoms with Crippen molar-refractivity contribution < 1.29 is 38.1 Å². The average Bonchev–Trinajstić information content (AvgIpc) is 3.13. The molecular formula is C40H32O8. The standard InChI is InChI=1S/C40H32O8/c41-34(25-21-29-13-5-1-6-14-29)45-33-24-28-37(44)47-39(33)40(48-36(43)27-23-31-17-9-3-10-18-31)38(32-19-11-4-12-20-32)46-35(42)26-22-30-15-7-2-8-16-30/h1-28,33,38-40H/b25-21+,26-22+,27-23+/t33-,38+,39+,40+/m0/s1. The van der Waals surface area contributed by atoms with Crippen LogP contribution in [-0.2, 0) is 38.1 Å². The molecule has 240 valence electrons. The summed E-state index contributed by atoms with van der Waals surface area (Å²) in [6, 6.07) is 36.0. The van der Waals surface area contributed by atoms with Crippen LogP contribution >= 0.6 is 0 Å². The van der Waals surface area contributed by atoms with Crippen LogP contribution in [0, 0.1) is 0 Å². The van der Waals surface area contributed by atoms with Crippen molar-refractivity contribution in [2.75, 3.05) is 0 Å². The van der Waals surface area contributed by atoms with Gasteiger partial charge in [-0.3, -0.25) is 0 Å². The minimum atomic E-state index is -1.45. The largest absolute Gasteiger partial charge is 0.451 e. The van der Waals surface area contributed by atoms with Gasteiger partial charge in [-0.2, -0.15) is 0 Å². The highest BCUT2D eigenvalue weighted by atomic mass is 16.6. The third-order valence-electron chi connectivity index (χ3n) is 7.13. The Labute approximate surface area is 278 Å². The molecular weight excluding hydrogens is 608 g/mol. The molecule has 5 rings (SSSR count). The van der Waals surface area contributed by atoms with Gasteiger partial charge in [-0.15, -0.1) is 0 Å². The fourth-order valence-corrected chi connectivity index (χ4v) is 4.85. The zero-order chi connectivity index (χ0) is 33.6. The highest BCUT2D eigenvalue weighted by molar-refractivity contribution is 5.89. The summed E-state index contributed by atoms with van der Waals surface area (Å²) in [6.45, 7) is 0. The number of esters is 4. The number of carbonyl (C=O) groups is 4. The molecule has 0 bridgehead atoms. The number of carbonyl (C=O) groups excluding carboxylic acids is 4. The van der Waals surface area contributed by atoms with E-state index in [2.05, 4.69) is 0 Å².